The molecular weight excluding hydrogens is 265 g/mol. The Morgan fingerprint density at radius 3 is 2.56 bits per heavy atom. The van der Waals surface area contributed by atoms with Crippen LogP contribution in [0.15, 0.2) is 12.1 Å². The van der Waals surface area contributed by atoms with Crippen molar-refractivity contribution in [1.29, 1.82) is 0 Å². The summed E-state index contributed by atoms with van der Waals surface area (Å²) in [7, 11) is 0. The molecule has 1 heterocycles. The average molecular weight is 282 g/mol. The lowest BCUT2D eigenvalue weighted by Gasteiger charge is -2.16. The molecule has 1 aromatic heterocycles. The fraction of sp³-hybridized carbons (Fsp3) is 0.545. The first-order valence-electron chi connectivity index (χ1n) is 5.10. The number of carbonyl (C=O) groups excluding carboxylic acids is 1. The first kappa shape index (κ1) is 15.9. The molecular formula is C11H17Cl2NOS. The van der Waals surface area contributed by atoms with Crippen molar-refractivity contribution < 1.29 is 4.79 Å². The summed E-state index contributed by atoms with van der Waals surface area (Å²) in [6.07, 6.45) is 1.02. The van der Waals surface area contributed by atoms with Gasteiger partial charge in [0.25, 0.3) is 0 Å². The quantitative estimate of drug-likeness (QED) is 0.833. The van der Waals surface area contributed by atoms with E-state index >= 15 is 0 Å². The summed E-state index contributed by atoms with van der Waals surface area (Å²) < 4.78 is 0.661. The van der Waals surface area contributed by atoms with E-state index in [1.807, 2.05) is 6.92 Å². The minimum Gasteiger partial charge on any atom is -0.305 e. The van der Waals surface area contributed by atoms with Gasteiger partial charge in [-0.1, -0.05) is 18.5 Å². The van der Waals surface area contributed by atoms with Crippen molar-refractivity contribution >= 4 is 41.1 Å². The molecule has 0 aromatic carbocycles. The second kappa shape index (κ2) is 7.28. The Balaban J connectivity index is 0.00000225. The lowest BCUT2D eigenvalue weighted by Crippen LogP contribution is -2.39. The molecule has 1 N–H and O–H groups in total. The van der Waals surface area contributed by atoms with Gasteiger partial charge in [0.15, 0.2) is 5.78 Å². The predicted octanol–water partition coefficient (Wildman–Crippen LogP) is 3.78. The SMILES string of the molecule is CCC(C)NC(C)C(=O)c1ccc(Cl)s1.Cl. The molecule has 92 valence electrons. The summed E-state index contributed by atoms with van der Waals surface area (Å²) in [6.45, 7) is 6.06. The predicted molar refractivity (Wildman–Crippen MR) is 73.3 cm³/mol. The number of hydrogen-bond acceptors (Lipinski definition) is 3. The largest absolute Gasteiger partial charge is 0.305 e. The lowest BCUT2D eigenvalue weighted by atomic mass is 10.1. The minimum absolute atomic E-state index is 0. The molecule has 0 amide bonds. The Kier molecular flexibility index (Phi) is 7.24. The molecule has 0 radical (unpaired) electrons. The molecule has 0 aliphatic rings. The van der Waals surface area contributed by atoms with Gasteiger partial charge in [-0.25, -0.2) is 0 Å². The van der Waals surface area contributed by atoms with E-state index in [-0.39, 0.29) is 24.2 Å². The molecule has 0 bridgehead atoms. The van der Waals surface area contributed by atoms with Gasteiger partial charge < -0.3 is 5.32 Å². The van der Waals surface area contributed by atoms with Crippen molar-refractivity contribution in [1.82, 2.24) is 5.32 Å². The van der Waals surface area contributed by atoms with Crippen LogP contribution in [0.2, 0.25) is 4.34 Å². The van der Waals surface area contributed by atoms with Crippen molar-refractivity contribution in [2.45, 2.75) is 39.3 Å². The van der Waals surface area contributed by atoms with Gasteiger partial charge in [-0.3, -0.25) is 4.79 Å². The third kappa shape index (κ3) is 4.42. The van der Waals surface area contributed by atoms with Gasteiger partial charge in [0.2, 0.25) is 0 Å². The fourth-order valence-corrected chi connectivity index (χ4v) is 2.35. The van der Waals surface area contributed by atoms with Crippen LogP contribution in [0.3, 0.4) is 0 Å². The Morgan fingerprint density at radius 2 is 2.12 bits per heavy atom. The molecule has 0 saturated heterocycles. The van der Waals surface area contributed by atoms with Crippen molar-refractivity contribution in [3.63, 3.8) is 0 Å². The van der Waals surface area contributed by atoms with Crippen LogP contribution < -0.4 is 5.32 Å². The zero-order valence-corrected chi connectivity index (χ0v) is 12.0. The third-order valence-electron chi connectivity index (χ3n) is 2.36. The summed E-state index contributed by atoms with van der Waals surface area (Å²) in [5, 5.41) is 3.25. The lowest BCUT2D eigenvalue weighted by molar-refractivity contribution is 0.0949. The zero-order valence-electron chi connectivity index (χ0n) is 9.62. The van der Waals surface area contributed by atoms with Gasteiger partial charge in [-0.05, 0) is 32.4 Å². The van der Waals surface area contributed by atoms with E-state index in [0.717, 1.165) is 11.3 Å². The van der Waals surface area contributed by atoms with Gasteiger partial charge in [0.05, 0.1) is 15.3 Å². The molecule has 2 unspecified atom stereocenters. The monoisotopic (exact) mass is 281 g/mol. The number of hydrogen-bond donors (Lipinski definition) is 1. The Hall–Kier alpha value is -0.0900. The highest BCUT2D eigenvalue weighted by atomic mass is 35.5. The third-order valence-corrected chi connectivity index (χ3v) is 3.60. The van der Waals surface area contributed by atoms with Crippen LogP contribution in [0, 0.1) is 0 Å². The highest BCUT2D eigenvalue weighted by Crippen LogP contribution is 2.22. The Labute approximate surface area is 112 Å². The van der Waals surface area contributed by atoms with E-state index in [1.165, 1.54) is 11.3 Å². The standard InChI is InChI=1S/C11H16ClNOS.ClH/c1-4-7(2)13-8(3)11(14)9-5-6-10(12)15-9;/h5-8,13H,4H2,1-3H3;1H. The number of ketones is 1. The van der Waals surface area contributed by atoms with Crippen molar-refractivity contribution in [3.05, 3.63) is 21.3 Å². The molecule has 0 saturated carbocycles. The number of carbonyl (C=O) groups is 1. The molecule has 1 rings (SSSR count). The Morgan fingerprint density at radius 1 is 1.50 bits per heavy atom. The van der Waals surface area contributed by atoms with E-state index in [4.69, 9.17) is 11.6 Å². The van der Waals surface area contributed by atoms with Crippen LogP contribution in [0.4, 0.5) is 0 Å². The highest BCUT2D eigenvalue weighted by Gasteiger charge is 2.17. The second-order valence-corrected chi connectivity index (χ2v) is 5.38. The van der Waals surface area contributed by atoms with Crippen LogP contribution in [0.25, 0.3) is 0 Å². The maximum atomic E-state index is 11.9. The minimum atomic E-state index is -0.144. The maximum absolute atomic E-state index is 11.9. The molecule has 0 spiro atoms. The molecule has 1 aromatic rings. The van der Waals surface area contributed by atoms with Crippen LogP contribution in [0.1, 0.15) is 36.9 Å². The summed E-state index contributed by atoms with van der Waals surface area (Å²) >= 11 is 7.12. The summed E-state index contributed by atoms with van der Waals surface area (Å²) in [5.74, 6) is 0.118. The molecule has 0 fully saturated rings. The average Bonchev–Trinajstić information content (AvgIpc) is 2.63. The molecule has 0 aliphatic heterocycles. The van der Waals surface area contributed by atoms with E-state index in [2.05, 4.69) is 19.2 Å². The van der Waals surface area contributed by atoms with E-state index < -0.39 is 0 Å². The fourth-order valence-electron chi connectivity index (χ4n) is 1.28. The zero-order chi connectivity index (χ0) is 11.4. The molecule has 5 heteroatoms. The van der Waals surface area contributed by atoms with Crippen LogP contribution in [0.5, 0.6) is 0 Å². The number of thiophene rings is 1. The summed E-state index contributed by atoms with van der Waals surface area (Å²) in [6, 6.07) is 3.76. The van der Waals surface area contributed by atoms with E-state index in [0.29, 0.717) is 10.4 Å². The second-order valence-electron chi connectivity index (χ2n) is 3.67. The maximum Gasteiger partial charge on any atom is 0.189 e. The van der Waals surface area contributed by atoms with Crippen molar-refractivity contribution in [3.8, 4) is 0 Å². The molecule has 2 atom stereocenters. The van der Waals surface area contributed by atoms with Gasteiger partial charge in [-0.2, -0.15) is 0 Å². The van der Waals surface area contributed by atoms with Gasteiger partial charge in [-0.15, -0.1) is 23.7 Å². The topological polar surface area (TPSA) is 29.1 Å². The Bertz CT molecular complexity index is 340. The number of rotatable bonds is 5. The molecule has 2 nitrogen and oxygen atoms in total. The first-order valence-corrected chi connectivity index (χ1v) is 6.29. The van der Waals surface area contributed by atoms with Gasteiger partial charge in [0, 0.05) is 6.04 Å². The number of nitrogens with one attached hydrogen (secondary N) is 1. The van der Waals surface area contributed by atoms with Crippen LogP contribution in [-0.4, -0.2) is 17.9 Å². The van der Waals surface area contributed by atoms with Crippen LogP contribution in [-0.2, 0) is 0 Å². The van der Waals surface area contributed by atoms with Gasteiger partial charge >= 0.3 is 0 Å². The van der Waals surface area contributed by atoms with E-state index in [9.17, 15) is 4.79 Å². The van der Waals surface area contributed by atoms with Gasteiger partial charge in [0.1, 0.15) is 0 Å². The molecule has 16 heavy (non-hydrogen) atoms. The van der Waals surface area contributed by atoms with Crippen LogP contribution >= 0.6 is 35.3 Å². The number of halogens is 2. The first-order chi connectivity index (χ1) is 7.04. The van der Waals surface area contributed by atoms with Crippen molar-refractivity contribution in [2.75, 3.05) is 0 Å². The number of Topliss-reactive ketones (excluding diaryl/α,β-unsaturated/α-hetero) is 1. The summed E-state index contributed by atoms with van der Waals surface area (Å²) in [5.41, 5.74) is 0. The normalized spacial score (nSPS) is 14.0. The highest BCUT2D eigenvalue weighted by molar-refractivity contribution is 7.18. The smallest absolute Gasteiger partial charge is 0.189 e. The summed E-state index contributed by atoms with van der Waals surface area (Å²) in [4.78, 5) is 12.6. The van der Waals surface area contributed by atoms with Crippen molar-refractivity contribution in [2.24, 2.45) is 0 Å². The molecule has 0 aliphatic carbocycles. The van der Waals surface area contributed by atoms with E-state index in [1.54, 1.807) is 12.1 Å².